The third kappa shape index (κ3) is 2.51. The normalized spacial score (nSPS) is 25.8. The molecule has 0 aromatic rings. The van der Waals surface area contributed by atoms with Crippen LogP contribution in [0.1, 0.15) is 19.3 Å². The second-order valence-corrected chi connectivity index (χ2v) is 3.21. The molecule has 2 atom stereocenters. The number of carbonyl (C=O) groups is 3. The van der Waals surface area contributed by atoms with Crippen molar-refractivity contribution in [3.63, 3.8) is 0 Å². The van der Waals surface area contributed by atoms with Gasteiger partial charge in [0.1, 0.15) is 6.17 Å². The van der Waals surface area contributed by atoms with Crippen LogP contribution in [0.15, 0.2) is 0 Å². The van der Waals surface area contributed by atoms with Crippen molar-refractivity contribution in [2.75, 3.05) is 0 Å². The Morgan fingerprint density at radius 1 is 1.29 bits per heavy atom. The molecule has 0 saturated heterocycles. The Bertz CT molecular complexity index is 279. The van der Waals surface area contributed by atoms with Gasteiger partial charge in [-0.25, -0.2) is 9.18 Å². The number of ketones is 1. The fraction of sp³-hybridized carbons (Fsp3) is 0.625. The van der Waals surface area contributed by atoms with Crippen molar-refractivity contribution in [1.82, 2.24) is 5.32 Å². The zero-order valence-corrected chi connectivity index (χ0v) is 7.33. The predicted octanol–water partition coefficient (Wildman–Crippen LogP) is -0.353. The lowest BCUT2D eigenvalue weighted by Crippen LogP contribution is -2.40. The Labute approximate surface area is 79.3 Å². The average molecular weight is 203 g/mol. The predicted molar refractivity (Wildman–Crippen MR) is 43.3 cm³/mol. The van der Waals surface area contributed by atoms with Crippen LogP contribution < -0.4 is 5.32 Å². The molecule has 0 bridgehead atoms. The van der Waals surface area contributed by atoms with E-state index in [0.717, 1.165) is 0 Å². The first-order chi connectivity index (χ1) is 6.50. The van der Waals surface area contributed by atoms with Crippen molar-refractivity contribution in [2.45, 2.75) is 31.5 Å². The van der Waals surface area contributed by atoms with E-state index in [-0.39, 0.29) is 6.42 Å². The standard InChI is InChI=1S/C8H10FNO4/c9-4-1-2-5(3-4)10-7(12)6(11)8(13)14/h4-5H,1-3H2,(H,10,12)(H,13,14). The van der Waals surface area contributed by atoms with Gasteiger partial charge >= 0.3 is 11.8 Å². The highest BCUT2D eigenvalue weighted by Gasteiger charge is 2.29. The fourth-order valence-corrected chi connectivity index (χ4v) is 1.41. The lowest BCUT2D eigenvalue weighted by atomic mass is 10.2. The lowest BCUT2D eigenvalue weighted by Gasteiger charge is -2.09. The molecule has 14 heavy (non-hydrogen) atoms. The second kappa shape index (κ2) is 4.17. The average Bonchev–Trinajstić information content (AvgIpc) is 2.49. The number of carbonyl (C=O) groups excluding carboxylic acids is 2. The van der Waals surface area contributed by atoms with Crippen LogP contribution in [0.4, 0.5) is 4.39 Å². The molecule has 1 amide bonds. The Hall–Kier alpha value is -1.46. The molecule has 5 nitrogen and oxygen atoms in total. The van der Waals surface area contributed by atoms with Crippen molar-refractivity contribution in [3.8, 4) is 0 Å². The van der Waals surface area contributed by atoms with E-state index in [1.165, 1.54) is 0 Å². The number of aliphatic carboxylic acids is 1. The zero-order chi connectivity index (χ0) is 10.7. The van der Waals surface area contributed by atoms with Gasteiger partial charge in [-0.05, 0) is 19.3 Å². The number of amides is 1. The molecular formula is C8H10FNO4. The van der Waals surface area contributed by atoms with Crippen molar-refractivity contribution in [1.29, 1.82) is 0 Å². The van der Waals surface area contributed by atoms with Crippen LogP contribution in [-0.4, -0.2) is 35.0 Å². The van der Waals surface area contributed by atoms with Crippen LogP contribution in [0, 0.1) is 0 Å². The topological polar surface area (TPSA) is 83.5 Å². The zero-order valence-electron chi connectivity index (χ0n) is 7.33. The van der Waals surface area contributed by atoms with Gasteiger partial charge in [-0.1, -0.05) is 0 Å². The maximum Gasteiger partial charge on any atom is 0.382 e. The van der Waals surface area contributed by atoms with Crippen LogP contribution >= 0.6 is 0 Å². The number of rotatable bonds is 3. The van der Waals surface area contributed by atoms with Crippen LogP contribution in [0.5, 0.6) is 0 Å². The summed E-state index contributed by atoms with van der Waals surface area (Å²) in [7, 11) is 0. The van der Waals surface area contributed by atoms with Gasteiger partial charge in [0.2, 0.25) is 0 Å². The molecule has 1 saturated carbocycles. The number of hydrogen-bond acceptors (Lipinski definition) is 3. The van der Waals surface area contributed by atoms with Crippen molar-refractivity contribution >= 4 is 17.7 Å². The largest absolute Gasteiger partial charge is 0.475 e. The minimum atomic E-state index is -1.79. The van der Waals surface area contributed by atoms with Crippen molar-refractivity contribution < 1.29 is 23.9 Å². The van der Waals surface area contributed by atoms with E-state index in [0.29, 0.717) is 12.8 Å². The summed E-state index contributed by atoms with van der Waals surface area (Å²) in [5, 5.41) is 10.4. The Kier molecular flexibility index (Phi) is 3.16. The van der Waals surface area contributed by atoms with Gasteiger partial charge in [-0.3, -0.25) is 9.59 Å². The summed E-state index contributed by atoms with van der Waals surface area (Å²) in [5.41, 5.74) is 0. The summed E-state index contributed by atoms with van der Waals surface area (Å²) in [6, 6.07) is -0.416. The van der Waals surface area contributed by atoms with Gasteiger partial charge < -0.3 is 10.4 Å². The fourth-order valence-electron chi connectivity index (χ4n) is 1.41. The Morgan fingerprint density at radius 3 is 2.36 bits per heavy atom. The summed E-state index contributed by atoms with van der Waals surface area (Å²) in [6.07, 6.45) is -0.0368. The molecule has 0 aromatic carbocycles. The highest BCUT2D eigenvalue weighted by Crippen LogP contribution is 2.21. The van der Waals surface area contributed by atoms with Crippen LogP contribution in [0.2, 0.25) is 0 Å². The monoisotopic (exact) mass is 203 g/mol. The van der Waals surface area contributed by atoms with E-state index < -0.39 is 29.9 Å². The number of carboxylic acid groups (broad SMARTS) is 1. The number of alkyl halides is 1. The highest BCUT2D eigenvalue weighted by atomic mass is 19.1. The highest BCUT2D eigenvalue weighted by molar-refractivity contribution is 6.61. The van der Waals surface area contributed by atoms with E-state index in [9.17, 15) is 18.8 Å². The van der Waals surface area contributed by atoms with E-state index in [1.807, 2.05) is 0 Å². The first-order valence-corrected chi connectivity index (χ1v) is 4.23. The molecule has 78 valence electrons. The SMILES string of the molecule is O=C(O)C(=O)C(=O)NC1CCC(F)C1. The van der Waals surface area contributed by atoms with Gasteiger partial charge in [0, 0.05) is 6.04 Å². The Morgan fingerprint density at radius 2 is 1.93 bits per heavy atom. The summed E-state index contributed by atoms with van der Waals surface area (Å²) in [4.78, 5) is 31.6. The van der Waals surface area contributed by atoms with Crippen LogP contribution in [0.25, 0.3) is 0 Å². The third-order valence-electron chi connectivity index (χ3n) is 2.10. The van der Waals surface area contributed by atoms with Crippen LogP contribution in [0.3, 0.4) is 0 Å². The van der Waals surface area contributed by atoms with Crippen LogP contribution in [-0.2, 0) is 14.4 Å². The number of halogens is 1. The molecular weight excluding hydrogens is 193 g/mol. The maximum atomic E-state index is 12.6. The molecule has 2 unspecified atom stereocenters. The summed E-state index contributed by atoms with van der Waals surface area (Å²) in [5.74, 6) is -4.47. The van der Waals surface area contributed by atoms with Crippen molar-refractivity contribution in [3.05, 3.63) is 0 Å². The quantitative estimate of drug-likeness (QED) is 0.485. The molecule has 6 heteroatoms. The summed E-state index contributed by atoms with van der Waals surface area (Å²) < 4.78 is 12.6. The van der Waals surface area contributed by atoms with Gasteiger partial charge in [-0.2, -0.15) is 0 Å². The lowest BCUT2D eigenvalue weighted by molar-refractivity contribution is -0.153. The molecule has 1 aliphatic rings. The minimum absolute atomic E-state index is 0.151. The van der Waals surface area contributed by atoms with E-state index in [4.69, 9.17) is 5.11 Å². The van der Waals surface area contributed by atoms with E-state index in [1.54, 1.807) is 0 Å². The molecule has 1 rings (SSSR count). The molecule has 0 aromatic heterocycles. The molecule has 0 aliphatic heterocycles. The molecule has 0 radical (unpaired) electrons. The van der Waals surface area contributed by atoms with Gasteiger partial charge in [0.15, 0.2) is 0 Å². The number of carboxylic acids is 1. The summed E-state index contributed by atoms with van der Waals surface area (Å²) >= 11 is 0. The number of nitrogens with one attached hydrogen (secondary N) is 1. The smallest absolute Gasteiger partial charge is 0.382 e. The van der Waals surface area contributed by atoms with Gasteiger partial charge in [-0.15, -0.1) is 0 Å². The van der Waals surface area contributed by atoms with E-state index >= 15 is 0 Å². The minimum Gasteiger partial charge on any atom is -0.475 e. The number of Topliss-reactive ketones (excluding diaryl/α,β-unsaturated/α-hetero) is 1. The summed E-state index contributed by atoms with van der Waals surface area (Å²) in [6.45, 7) is 0. The molecule has 1 aliphatic carbocycles. The molecule has 2 N–H and O–H groups in total. The number of hydrogen-bond donors (Lipinski definition) is 2. The maximum absolute atomic E-state index is 12.6. The van der Waals surface area contributed by atoms with E-state index in [2.05, 4.69) is 5.32 Å². The molecule has 1 fully saturated rings. The van der Waals surface area contributed by atoms with Gasteiger partial charge in [0.25, 0.3) is 5.91 Å². The van der Waals surface area contributed by atoms with Gasteiger partial charge in [0.05, 0.1) is 0 Å². The van der Waals surface area contributed by atoms with Crippen molar-refractivity contribution in [2.24, 2.45) is 0 Å². The first kappa shape index (κ1) is 10.6. The molecule has 0 heterocycles. The first-order valence-electron chi connectivity index (χ1n) is 4.23. The molecule has 0 spiro atoms. The Balaban J connectivity index is 2.41. The third-order valence-corrected chi connectivity index (χ3v) is 2.10. The second-order valence-electron chi connectivity index (χ2n) is 3.21.